The van der Waals surface area contributed by atoms with Crippen molar-refractivity contribution in [1.82, 2.24) is 30.2 Å². The summed E-state index contributed by atoms with van der Waals surface area (Å²) >= 11 is 0. The number of pyridine rings is 1. The van der Waals surface area contributed by atoms with Crippen molar-refractivity contribution in [2.45, 2.75) is 18.9 Å². The van der Waals surface area contributed by atoms with Gasteiger partial charge in [-0.1, -0.05) is 0 Å². The molecule has 0 spiro atoms. The lowest BCUT2D eigenvalue weighted by Crippen LogP contribution is -2.45. The lowest BCUT2D eigenvalue weighted by Gasteiger charge is -2.33. The molecular formula is C17H17N7O. The Morgan fingerprint density at radius 3 is 2.68 bits per heavy atom. The summed E-state index contributed by atoms with van der Waals surface area (Å²) in [7, 11) is 0. The number of hydrogen-bond donors (Lipinski definition) is 1. The first-order chi connectivity index (χ1) is 12.3. The van der Waals surface area contributed by atoms with E-state index in [9.17, 15) is 4.79 Å². The zero-order valence-electron chi connectivity index (χ0n) is 13.5. The number of amides is 1. The molecule has 1 aliphatic rings. The van der Waals surface area contributed by atoms with Gasteiger partial charge in [0, 0.05) is 43.1 Å². The van der Waals surface area contributed by atoms with Crippen LogP contribution in [-0.2, 0) is 0 Å². The third kappa shape index (κ3) is 3.23. The molecule has 8 nitrogen and oxygen atoms in total. The number of piperidine rings is 1. The van der Waals surface area contributed by atoms with Gasteiger partial charge < -0.3 is 10.2 Å². The molecule has 0 aliphatic carbocycles. The molecule has 0 unspecified atom stereocenters. The Kier molecular flexibility index (Phi) is 4.16. The van der Waals surface area contributed by atoms with Gasteiger partial charge in [-0.2, -0.15) is 0 Å². The van der Waals surface area contributed by atoms with Crippen LogP contribution in [0.25, 0.3) is 10.9 Å². The van der Waals surface area contributed by atoms with Gasteiger partial charge in [0.25, 0.3) is 5.91 Å². The van der Waals surface area contributed by atoms with E-state index in [1.807, 2.05) is 6.07 Å². The Balaban J connectivity index is 1.42. The van der Waals surface area contributed by atoms with Crippen LogP contribution >= 0.6 is 0 Å². The third-order valence-corrected chi connectivity index (χ3v) is 4.34. The molecule has 4 heterocycles. The van der Waals surface area contributed by atoms with Crippen molar-refractivity contribution >= 4 is 22.6 Å². The van der Waals surface area contributed by atoms with Crippen LogP contribution in [0, 0.1) is 0 Å². The van der Waals surface area contributed by atoms with Crippen LogP contribution in [0.2, 0.25) is 0 Å². The van der Waals surface area contributed by atoms with Gasteiger partial charge in [0.05, 0.1) is 17.9 Å². The number of anilines is 1. The highest BCUT2D eigenvalue weighted by Gasteiger charge is 2.23. The molecule has 0 atom stereocenters. The van der Waals surface area contributed by atoms with Crippen LogP contribution in [0.5, 0.6) is 0 Å². The van der Waals surface area contributed by atoms with Crippen LogP contribution in [0.4, 0.5) is 5.82 Å². The van der Waals surface area contributed by atoms with E-state index in [0.717, 1.165) is 42.7 Å². The predicted molar refractivity (Wildman–Crippen MR) is 92.1 cm³/mol. The first-order valence-corrected chi connectivity index (χ1v) is 8.18. The molecule has 0 saturated carbocycles. The molecule has 1 N–H and O–H groups in total. The van der Waals surface area contributed by atoms with Crippen molar-refractivity contribution in [2.24, 2.45) is 0 Å². The monoisotopic (exact) mass is 335 g/mol. The average Bonchev–Trinajstić information content (AvgIpc) is 2.69. The second-order valence-electron chi connectivity index (χ2n) is 5.92. The molecule has 0 bridgehead atoms. The summed E-state index contributed by atoms with van der Waals surface area (Å²) in [5, 5.41) is 4.03. The Labute approximate surface area is 144 Å². The Morgan fingerprint density at radius 2 is 1.88 bits per heavy atom. The molecular weight excluding hydrogens is 318 g/mol. The lowest BCUT2D eigenvalue weighted by atomic mass is 10.0. The van der Waals surface area contributed by atoms with Gasteiger partial charge in [0.15, 0.2) is 0 Å². The molecule has 1 amide bonds. The fourth-order valence-electron chi connectivity index (χ4n) is 3.06. The molecule has 8 heteroatoms. The summed E-state index contributed by atoms with van der Waals surface area (Å²) in [5.41, 5.74) is 1.19. The number of aromatic nitrogens is 5. The highest BCUT2D eigenvalue weighted by molar-refractivity contribution is 5.92. The maximum absolute atomic E-state index is 12.2. The van der Waals surface area contributed by atoms with E-state index in [1.54, 1.807) is 24.9 Å². The van der Waals surface area contributed by atoms with Crippen LogP contribution < -0.4 is 10.2 Å². The number of nitrogens with one attached hydrogen (secondary N) is 1. The molecule has 25 heavy (non-hydrogen) atoms. The fourth-order valence-corrected chi connectivity index (χ4v) is 3.06. The van der Waals surface area contributed by atoms with Gasteiger partial charge in [-0.05, 0) is 18.9 Å². The molecule has 4 rings (SSSR count). The molecule has 1 aliphatic heterocycles. The second-order valence-corrected chi connectivity index (χ2v) is 5.92. The van der Waals surface area contributed by atoms with Crippen molar-refractivity contribution in [3.8, 4) is 0 Å². The predicted octanol–water partition coefficient (Wildman–Crippen LogP) is 1.21. The van der Waals surface area contributed by atoms with Gasteiger partial charge in [0.2, 0.25) is 0 Å². The van der Waals surface area contributed by atoms with E-state index in [1.165, 1.54) is 12.4 Å². The van der Waals surface area contributed by atoms with E-state index in [2.05, 4.69) is 35.1 Å². The van der Waals surface area contributed by atoms with E-state index >= 15 is 0 Å². The quantitative estimate of drug-likeness (QED) is 0.768. The fraction of sp³-hybridized carbons (Fsp3) is 0.294. The summed E-state index contributed by atoms with van der Waals surface area (Å²) in [4.78, 5) is 35.2. The largest absolute Gasteiger partial charge is 0.356 e. The number of rotatable bonds is 3. The van der Waals surface area contributed by atoms with Crippen LogP contribution in [0.15, 0.2) is 43.4 Å². The van der Waals surface area contributed by atoms with Crippen molar-refractivity contribution in [3.05, 3.63) is 49.1 Å². The van der Waals surface area contributed by atoms with Crippen molar-refractivity contribution in [2.75, 3.05) is 18.0 Å². The molecule has 126 valence electrons. The Hall–Kier alpha value is -3.16. The van der Waals surface area contributed by atoms with Crippen LogP contribution in [0.3, 0.4) is 0 Å². The first-order valence-electron chi connectivity index (χ1n) is 8.18. The molecule has 1 saturated heterocycles. The van der Waals surface area contributed by atoms with E-state index < -0.39 is 0 Å². The summed E-state index contributed by atoms with van der Waals surface area (Å²) in [6.45, 7) is 1.64. The number of hydrogen-bond acceptors (Lipinski definition) is 7. The number of fused-ring (bicyclic) bond motifs is 1. The molecule has 0 radical (unpaired) electrons. The number of nitrogens with zero attached hydrogens (tertiary/aromatic N) is 6. The van der Waals surface area contributed by atoms with Gasteiger partial charge in [-0.3, -0.25) is 14.8 Å². The highest BCUT2D eigenvalue weighted by atomic mass is 16.1. The summed E-state index contributed by atoms with van der Waals surface area (Å²) in [6, 6.07) is 2.06. The minimum absolute atomic E-state index is 0.125. The summed E-state index contributed by atoms with van der Waals surface area (Å²) < 4.78 is 0. The third-order valence-electron chi connectivity index (χ3n) is 4.34. The maximum Gasteiger partial charge on any atom is 0.271 e. The average molecular weight is 335 g/mol. The van der Waals surface area contributed by atoms with E-state index in [-0.39, 0.29) is 11.9 Å². The van der Waals surface area contributed by atoms with Crippen molar-refractivity contribution in [1.29, 1.82) is 0 Å². The minimum Gasteiger partial charge on any atom is -0.356 e. The first kappa shape index (κ1) is 15.4. The normalized spacial score (nSPS) is 15.3. The van der Waals surface area contributed by atoms with Crippen LogP contribution in [0.1, 0.15) is 23.3 Å². The zero-order chi connectivity index (χ0) is 17.1. The zero-order valence-corrected chi connectivity index (χ0v) is 13.5. The van der Waals surface area contributed by atoms with E-state index in [4.69, 9.17) is 0 Å². The van der Waals surface area contributed by atoms with Crippen molar-refractivity contribution in [3.63, 3.8) is 0 Å². The summed E-state index contributed by atoms with van der Waals surface area (Å²) in [6.07, 6.45) is 11.3. The SMILES string of the molecule is O=C(NC1CCN(c2ncnc3cnccc23)CC1)c1cnccn1. The maximum atomic E-state index is 12.2. The molecule has 3 aromatic heterocycles. The standard InChI is InChI=1S/C17H17N7O/c25-17(15-10-19-5-6-20-15)23-12-2-7-24(8-3-12)16-13-1-4-18-9-14(13)21-11-22-16/h1,4-6,9-12H,2-3,7-8H2,(H,23,25). The van der Waals surface area contributed by atoms with Gasteiger partial charge >= 0.3 is 0 Å². The lowest BCUT2D eigenvalue weighted by molar-refractivity contribution is 0.0925. The van der Waals surface area contributed by atoms with Crippen molar-refractivity contribution < 1.29 is 4.79 Å². The van der Waals surface area contributed by atoms with Gasteiger partial charge in [-0.25, -0.2) is 15.0 Å². The van der Waals surface area contributed by atoms with Gasteiger partial charge in [0.1, 0.15) is 17.8 Å². The number of carbonyl (C=O) groups excluding carboxylic acids is 1. The smallest absolute Gasteiger partial charge is 0.271 e. The minimum atomic E-state index is -0.176. The highest BCUT2D eigenvalue weighted by Crippen LogP contribution is 2.24. The van der Waals surface area contributed by atoms with Gasteiger partial charge in [-0.15, -0.1) is 0 Å². The second kappa shape index (κ2) is 6.76. The van der Waals surface area contributed by atoms with E-state index in [0.29, 0.717) is 5.69 Å². The molecule has 0 aromatic carbocycles. The van der Waals surface area contributed by atoms with Crippen LogP contribution in [-0.4, -0.2) is 50.0 Å². The Bertz CT molecular complexity index is 873. The molecule has 3 aromatic rings. The number of carbonyl (C=O) groups is 1. The summed E-state index contributed by atoms with van der Waals surface area (Å²) in [5.74, 6) is 0.746. The topological polar surface area (TPSA) is 96.8 Å². The molecule has 1 fully saturated rings. The Morgan fingerprint density at radius 1 is 1.04 bits per heavy atom.